The summed E-state index contributed by atoms with van der Waals surface area (Å²) < 4.78 is 43.7. The normalized spacial score (nSPS) is 11.6. The summed E-state index contributed by atoms with van der Waals surface area (Å²) in [5, 5.41) is 0. The number of unbranched alkanes of at least 4 members (excludes halogenated alkanes) is 3. The van der Waals surface area contributed by atoms with E-state index in [0.29, 0.717) is 92.5 Å². The highest BCUT2D eigenvalue weighted by molar-refractivity contribution is 4.41. The van der Waals surface area contributed by atoms with Gasteiger partial charge in [-0.2, -0.15) is 0 Å². The molecule has 0 bridgehead atoms. The lowest BCUT2D eigenvalue weighted by Gasteiger charge is -2.10. The van der Waals surface area contributed by atoms with E-state index in [9.17, 15) is 0 Å². The van der Waals surface area contributed by atoms with E-state index >= 15 is 0 Å². The molecule has 0 saturated heterocycles. The number of likely N-dealkylation sites (N-methyl/N-ethyl adjacent to an activating group) is 1. The van der Waals surface area contributed by atoms with Gasteiger partial charge in [0.25, 0.3) is 0 Å². The van der Waals surface area contributed by atoms with Gasteiger partial charge in [0.1, 0.15) is 0 Å². The van der Waals surface area contributed by atoms with Crippen molar-refractivity contribution in [2.24, 2.45) is 0 Å². The van der Waals surface area contributed by atoms with Crippen LogP contribution in [0.1, 0.15) is 32.6 Å². The van der Waals surface area contributed by atoms with Crippen LogP contribution in [0, 0.1) is 0 Å². The average Bonchev–Trinajstić information content (AvgIpc) is 2.80. The third-order valence-electron chi connectivity index (χ3n) is 4.43. The first-order valence-electron chi connectivity index (χ1n) is 12.5. The van der Waals surface area contributed by atoms with Crippen LogP contribution < -0.4 is 0 Å². The van der Waals surface area contributed by atoms with Crippen molar-refractivity contribution < 1.29 is 37.9 Å². The minimum Gasteiger partial charge on any atom is -0.379 e. The minimum absolute atomic E-state index is 0.547. The zero-order valence-corrected chi connectivity index (χ0v) is 21.6. The predicted octanol–water partition coefficient (Wildman–Crippen LogP) is 2.26. The Labute approximate surface area is 202 Å². The van der Waals surface area contributed by atoms with Gasteiger partial charge in [0.05, 0.1) is 99.1 Å². The Morgan fingerprint density at radius 2 is 0.667 bits per heavy atom. The van der Waals surface area contributed by atoms with E-state index in [-0.39, 0.29) is 0 Å². The topological polar surface area (TPSA) is 77.1 Å². The van der Waals surface area contributed by atoms with Crippen LogP contribution in [0.2, 0.25) is 0 Å². The lowest BCUT2D eigenvalue weighted by atomic mass is 10.2. The summed E-state index contributed by atoms with van der Waals surface area (Å²) in [5.74, 6) is 0. The second kappa shape index (κ2) is 29.7. The van der Waals surface area contributed by atoms with E-state index in [1.807, 2.05) is 14.1 Å². The van der Waals surface area contributed by atoms with Crippen molar-refractivity contribution in [2.45, 2.75) is 32.6 Å². The van der Waals surface area contributed by atoms with Gasteiger partial charge in [-0.3, -0.25) is 0 Å². The molecule has 0 unspecified atom stereocenters. The van der Waals surface area contributed by atoms with E-state index in [2.05, 4.69) is 11.8 Å². The highest BCUT2D eigenvalue weighted by Crippen LogP contribution is 1.98. The predicted molar refractivity (Wildman–Crippen MR) is 129 cm³/mol. The molecule has 9 nitrogen and oxygen atoms in total. The van der Waals surface area contributed by atoms with Gasteiger partial charge in [0.15, 0.2) is 0 Å². The van der Waals surface area contributed by atoms with Crippen LogP contribution in [-0.4, -0.2) is 131 Å². The zero-order valence-electron chi connectivity index (χ0n) is 21.6. The molecule has 0 aliphatic carbocycles. The Morgan fingerprint density at radius 3 is 0.970 bits per heavy atom. The number of nitrogens with zero attached hydrogens (tertiary/aromatic N) is 1. The summed E-state index contributed by atoms with van der Waals surface area (Å²) in [6.07, 6.45) is 4.93. The fourth-order valence-corrected chi connectivity index (χ4v) is 2.52. The van der Waals surface area contributed by atoms with Crippen LogP contribution in [0.5, 0.6) is 0 Å². The van der Waals surface area contributed by atoms with Gasteiger partial charge in [-0.15, -0.1) is 0 Å². The molecular formula is C24H51NO8. The third kappa shape index (κ3) is 31.6. The standard InChI is InChI=1S/C24H51NO8/c1-4-5-6-7-9-26-11-13-28-15-17-30-19-21-32-23-24-33-22-20-31-18-16-29-14-12-27-10-8-25(2)3/h4-24H2,1-3H3. The summed E-state index contributed by atoms with van der Waals surface area (Å²) in [7, 11) is 4.05. The summed E-state index contributed by atoms with van der Waals surface area (Å²) in [5.41, 5.74) is 0. The van der Waals surface area contributed by atoms with Gasteiger partial charge in [-0.25, -0.2) is 0 Å². The fourth-order valence-electron chi connectivity index (χ4n) is 2.52. The lowest BCUT2D eigenvalue weighted by Crippen LogP contribution is -2.19. The summed E-state index contributed by atoms with van der Waals surface area (Å²) >= 11 is 0. The molecule has 9 heteroatoms. The SMILES string of the molecule is CCCCCCOCCOCCOCCOCCOCCOCCOCCOCCN(C)C. The first-order chi connectivity index (χ1) is 16.3. The Hall–Kier alpha value is -0.360. The number of rotatable bonds is 29. The van der Waals surface area contributed by atoms with Crippen molar-refractivity contribution in [3.8, 4) is 0 Å². The maximum Gasteiger partial charge on any atom is 0.0701 e. The number of hydrogen-bond donors (Lipinski definition) is 0. The molecule has 0 fully saturated rings. The van der Waals surface area contributed by atoms with Crippen molar-refractivity contribution in [1.29, 1.82) is 0 Å². The molecule has 0 aliphatic heterocycles. The molecule has 0 aromatic heterocycles. The van der Waals surface area contributed by atoms with Crippen LogP contribution in [-0.2, 0) is 37.9 Å². The second-order valence-corrected chi connectivity index (χ2v) is 7.76. The number of hydrogen-bond acceptors (Lipinski definition) is 9. The first-order valence-corrected chi connectivity index (χ1v) is 12.5. The molecular weight excluding hydrogens is 430 g/mol. The smallest absolute Gasteiger partial charge is 0.0701 e. The Balaban J connectivity index is 3.00. The molecule has 0 amide bonds. The molecule has 0 N–H and O–H groups in total. The highest BCUT2D eigenvalue weighted by Gasteiger charge is 1.96. The second-order valence-electron chi connectivity index (χ2n) is 7.76. The Kier molecular flexibility index (Phi) is 29.3. The van der Waals surface area contributed by atoms with Gasteiger partial charge in [-0.1, -0.05) is 26.2 Å². The fraction of sp³-hybridized carbons (Fsp3) is 1.00. The molecule has 33 heavy (non-hydrogen) atoms. The van der Waals surface area contributed by atoms with Crippen molar-refractivity contribution in [2.75, 3.05) is 126 Å². The van der Waals surface area contributed by atoms with Crippen LogP contribution in [0.4, 0.5) is 0 Å². The zero-order chi connectivity index (χ0) is 24.1. The molecule has 0 atom stereocenters. The van der Waals surface area contributed by atoms with E-state index in [4.69, 9.17) is 37.9 Å². The molecule has 0 aromatic carbocycles. The molecule has 0 heterocycles. The molecule has 0 aliphatic rings. The molecule has 0 rings (SSSR count). The van der Waals surface area contributed by atoms with Crippen LogP contribution in [0.3, 0.4) is 0 Å². The first kappa shape index (κ1) is 32.6. The van der Waals surface area contributed by atoms with E-state index in [0.717, 1.165) is 26.2 Å². The number of ether oxygens (including phenoxy) is 8. The average molecular weight is 482 g/mol. The Bertz CT molecular complexity index is 350. The van der Waals surface area contributed by atoms with Crippen molar-refractivity contribution in [3.63, 3.8) is 0 Å². The largest absolute Gasteiger partial charge is 0.379 e. The molecule has 0 saturated carbocycles. The maximum atomic E-state index is 5.51. The van der Waals surface area contributed by atoms with E-state index < -0.39 is 0 Å². The Morgan fingerprint density at radius 1 is 0.364 bits per heavy atom. The highest BCUT2D eigenvalue weighted by atomic mass is 16.6. The lowest BCUT2D eigenvalue weighted by molar-refractivity contribution is -0.0233. The third-order valence-corrected chi connectivity index (χ3v) is 4.43. The van der Waals surface area contributed by atoms with Crippen LogP contribution in [0.25, 0.3) is 0 Å². The van der Waals surface area contributed by atoms with Crippen molar-refractivity contribution in [1.82, 2.24) is 4.90 Å². The summed E-state index contributed by atoms with van der Waals surface area (Å²) in [4.78, 5) is 2.09. The van der Waals surface area contributed by atoms with Gasteiger partial charge in [0.2, 0.25) is 0 Å². The molecule has 200 valence electrons. The minimum atomic E-state index is 0.547. The van der Waals surface area contributed by atoms with Gasteiger partial charge in [0, 0.05) is 13.2 Å². The van der Waals surface area contributed by atoms with Gasteiger partial charge < -0.3 is 42.8 Å². The molecule has 0 spiro atoms. The maximum absolute atomic E-state index is 5.51. The van der Waals surface area contributed by atoms with Gasteiger partial charge in [-0.05, 0) is 20.5 Å². The van der Waals surface area contributed by atoms with Crippen molar-refractivity contribution in [3.05, 3.63) is 0 Å². The monoisotopic (exact) mass is 481 g/mol. The van der Waals surface area contributed by atoms with Gasteiger partial charge >= 0.3 is 0 Å². The van der Waals surface area contributed by atoms with E-state index in [1.165, 1.54) is 19.3 Å². The summed E-state index contributed by atoms with van der Waals surface area (Å²) in [6.45, 7) is 12.8. The molecule has 0 radical (unpaired) electrons. The molecule has 0 aromatic rings. The quantitative estimate of drug-likeness (QED) is 0.150. The van der Waals surface area contributed by atoms with Crippen LogP contribution in [0.15, 0.2) is 0 Å². The summed E-state index contributed by atoms with van der Waals surface area (Å²) in [6, 6.07) is 0. The van der Waals surface area contributed by atoms with Crippen molar-refractivity contribution >= 4 is 0 Å². The van der Waals surface area contributed by atoms with Crippen LogP contribution >= 0.6 is 0 Å². The van der Waals surface area contributed by atoms with E-state index in [1.54, 1.807) is 0 Å².